The fourth-order valence-corrected chi connectivity index (χ4v) is 1.93. The van der Waals surface area contributed by atoms with Gasteiger partial charge in [0, 0.05) is 19.6 Å². The van der Waals surface area contributed by atoms with Gasteiger partial charge in [0.25, 0.3) is 0 Å². The third kappa shape index (κ3) is 2.25. The lowest BCUT2D eigenvalue weighted by atomic mass is 9.92. The van der Waals surface area contributed by atoms with Gasteiger partial charge in [-0.3, -0.25) is 0 Å². The van der Waals surface area contributed by atoms with E-state index in [9.17, 15) is 0 Å². The third-order valence-electron chi connectivity index (χ3n) is 2.48. The van der Waals surface area contributed by atoms with Gasteiger partial charge in [0.15, 0.2) is 0 Å². The lowest BCUT2D eigenvalue weighted by Crippen LogP contribution is -2.46. The fraction of sp³-hybridized carbons (Fsp3) is 0.900. The van der Waals surface area contributed by atoms with Crippen molar-refractivity contribution < 1.29 is 14.7 Å². The summed E-state index contributed by atoms with van der Waals surface area (Å²) in [5, 5.41) is 12.2. The molecule has 0 aromatic rings. The summed E-state index contributed by atoms with van der Waals surface area (Å²) in [6.45, 7) is 4.98. The van der Waals surface area contributed by atoms with Crippen molar-refractivity contribution >= 4 is 5.71 Å². The van der Waals surface area contributed by atoms with E-state index in [0.29, 0.717) is 18.9 Å². The molecule has 1 rings (SSSR count). The maximum atomic E-state index is 8.91. The normalized spacial score (nSPS) is 24.0. The molecule has 1 aliphatic rings. The van der Waals surface area contributed by atoms with E-state index >= 15 is 0 Å². The zero-order valence-electron chi connectivity index (χ0n) is 8.95. The quantitative estimate of drug-likeness (QED) is 0.431. The molecule has 0 unspecified atom stereocenters. The molecule has 82 valence electrons. The van der Waals surface area contributed by atoms with Gasteiger partial charge in [0.1, 0.15) is 5.71 Å². The molecule has 1 aliphatic carbocycles. The predicted octanol–water partition coefficient (Wildman–Crippen LogP) is 2.16. The van der Waals surface area contributed by atoms with Gasteiger partial charge in [-0.2, -0.15) is 0 Å². The highest BCUT2D eigenvalue weighted by Gasteiger charge is 2.40. The summed E-state index contributed by atoms with van der Waals surface area (Å²) >= 11 is 0. The van der Waals surface area contributed by atoms with Crippen LogP contribution < -0.4 is 0 Å². The van der Waals surface area contributed by atoms with Crippen molar-refractivity contribution in [1.29, 1.82) is 0 Å². The third-order valence-corrected chi connectivity index (χ3v) is 2.48. The number of rotatable bonds is 4. The molecule has 0 radical (unpaired) electrons. The Balaban J connectivity index is 2.79. The first-order chi connectivity index (χ1) is 6.79. The summed E-state index contributed by atoms with van der Waals surface area (Å²) in [6, 6.07) is 0. The maximum absolute atomic E-state index is 8.91. The molecular weight excluding hydrogens is 182 g/mol. The molecule has 0 spiro atoms. The minimum absolute atomic E-state index is 0.568. The number of hydrogen-bond acceptors (Lipinski definition) is 4. The first kappa shape index (κ1) is 11.5. The molecule has 1 fully saturated rings. The smallest absolute Gasteiger partial charge is 0.211 e. The topological polar surface area (TPSA) is 51.0 Å². The average Bonchev–Trinajstić information content (AvgIpc) is 2.19. The largest absolute Gasteiger partial charge is 0.411 e. The van der Waals surface area contributed by atoms with Crippen molar-refractivity contribution in [3.63, 3.8) is 0 Å². The highest BCUT2D eigenvalue weighted by Crippen LogP contribution is 2.30. The fourth-order valence-electron chi connectivity index (χ4n) is 1.93. The van der Waals surface area contributed by atoms with Crippen molar-refractivity contribution in [2.24, 2.45) is 5.16 Å². The van der Waals surface area contributed by atoms with Crippen LogP contribution in [0.5, 0.6) is 0 Å². The second-order valence-electron chi connectivity index (χ2n) is 3.37. The van der Waals surface area contributed by atoms with Gasteiger partial charge in [-0.15, -0.1) is 0 Å². The monoisotopic (exact) mass is 201 g/mol. The summed E-state index contributed by atoms with van der Waals surface area (Å²) in [6.07, 6.45) is 3.64. The Bertz CT molecular complexity index is 192. The molecule has 4 heteroatoms. The van der Waals surface area contributed by atoms with Gasteiger partial charge in [-0.05, 0) is 33.1 Å². The summed E-state index contributed by atoms with van der Waals surface area (Å²) in [5.74, 6) is -0.753. The van der Waals surface area contributed by atoms with Crippen molar-refractivity contribution in [2.75, 3.05) is 13.2 Å². The summed E-state index contributed by atoms with van der Waals surface area (Å²) in [5.41, 5.74) is 0.632. The van der Waals surface area contributed by atoms with E-state index in [2.05, 4.69) is 5.16 Å². The van der Waals surface area contributed by atoms with Crippen LogP contribution in [0.2, 0.25) is 0 Å². The molecule has 0 aromatic heterocycles. The van der Waals surface area contributed by atoms with E-state index < -0.39 is 5.79 Å². The number of oxime groups is 1. The summed E-state index contributed by atoms with van der Waals surface area (Å²) in [7, 11) is 0. The van der Waals surface area contributed by atoms with Crippen LogP contribution in [0.3, 0.4) is 0 Å². The van der Waals surface area contributed by atoms with Gasteiger partial charge in [-0.25, -0.2) is 0 Å². The van der Waals surface area contributed by atoms with Crippen LogP contribution in [-0.4, -0.2) is 29.9 Å². The first-order valence-electron chi connectivity index (χ1n) is 5.28. The average molecular weight is 201 g/mol. The van der Waals surface area contributed by atoms with E-state index in [1.54, 1.807) is 0 Å². The zero-order valence-corrected chi connectivity index (χ0v) is 8.95. The SMILES string of the molecule is CCOC1(OCC)CCCC/C1=N/O. The highest BCUT2D eigenvalue weighted by atomic mass is 16.7. The molecular formula is C10H19NO3. The van der Waals surface area contributed by atoms with Crippen LogP contribution in [0.1, 0.15) is 39.5 Å². The van der Waals surface area contributed by atoms with Crippen LogP contribution in [0, 0.1) is 0 Å². The molecule has 0 saturated heterocycles. The lowest BCUT2D eigenvalue weighted by Gasteiger charge is -2.36. The van der Waals surface area contributed by atoms with Crippen molar-refractivity contribution in [2.45, 2.75) is 45.3 Å². The second kappa shape index (κ2) is 5.32. The number of nitrogens with zero attached hydrogens (tertiary/aromatic N) is 1. The van der Waals surface area contributed by atoms with Crippen molar-refractivity contribution in [1.82, 2.24) is 0 Å². The predicted molar refractivity (Wildman–Crippen MR) is 53.7 cm³/mol. The Hall–Kier alpha value is -0.610. The molecule has 0 bridgehead atoms. The molecule has 0 atom stereocenters. The van der Waals surface area contributed by atoms with Crippen LogP contribution in [0.25, 0.3) is 0 Å². The van der Waals surface area contributed by atoms with Gasteiger partial charge in [0.05, 0.1) is 0 Å². The summed E-state index contributed by atoms with van der Waals surface area (Å²) in [4.78, 5) is 0. The number of hydrogen-bond donors (Lipinski definition) is 1. The maximum Gasteiger partial charge on any atom is 0.211 e. The van der Waals surface area contributed by atoms with Gasteiger partial charge < -0.3 is 14.7 Å². The van der Waals surface area contributed by atoms with Crippen molar-refractivity contribution in [3.8, 4) is 0 Å². The lowest BCUT2D eigenvalue weighted by molar-refractivity contribution is -0.193. The van der Waals surface area contributed by atoms with Crippen LogP contribution >= 0.6 is 0 Å². The van der Waals surface area contributed by atoms with E-state index in [1.165, 1.54) is 0 Å². The molecule has 0 aliphatic heterocycles. The Kier molecular flexibility index (Phi) is 4.35. The number of ether oxygens (including phenoxy) is 2. The van der Waals surface area contributed by atoms with Gasteiger partial charge in [-0.1, -0.05) is 5.16 Å². The van der Waals surface area contributed by atoms with Crippen molar-refractivity contribution in [3.05, 3.63) is 0 Å². The van der Waals surface area contributed by atoms with E-state index in [0.717, 1.165) is 25.7 Å². The first-order valence-corrected chi connectivity index (χ1v) is 5.28. The van der Waals surface area contributed by atoms with Crippen LogP contribution in [0.15, 0.2) is 5.16 Å². The minimum atomic E-state index is -0.753. The van der Waals surface area contributed by atoms with Crippen LogP contribution in [-0.2, 0) is 9.47 Å². The Morgan fingerprint density at radius 3 is 2.43 bits per heavy atom. The molecule has 1 saturated carbocycles. The van der Waals surface area contributed by atoms with E-state index in [4.69, 9.17) is 14.7 Å². The standard InChI is InChI=1S/C10H19NO3/c1-3-13-10(14-4-2)8-6-5-7-9(10)11-12/h12H,3-8H2,1-2H3/b11-9-. The minimum Gasteiger partial charge on any atom is -0.411 e. The summed E-state index contributed by atoms with van der Waals surface area (Å²) < 4.78 is 11.2. The van der Waals surface area contributed by atoms with Gasteiger partial charge in [0.2, 0.25) is 5.79 Å². The molecule has 14 heavy (non-hydrogen) atoms. The zero-order chi connectivity index (χ0) is 10.4. The Labute approximate surface area is 84.9 Å². The van der Waals surface area contributed by atoms with Crippen LogP contribution in [0.4, 0.5) is 0 Å². The molecule has 0 aromatic carbocycles. The Morgan fingerprint density at radius 2 is 1.93 bits per heavy atom. The molecule has 0 amide bonds. The van der Waals surface area contributed by atoms with Gasteiger partial charge >= 0.3 is 0 Å². The Morgan fingerprint density at radius 1 is 1.29 bits per heavy atom. The molecule has 0 heterocycles. The molecule has 1 N–H and O–H groups in total. The second-order valence-corrected chi connectivity index (χ2v) is 3.37. The molecule has 4 nitrogen and oxygen atoms in total. The van der Waals surface area contributed by atoms with E-state index in [-0.39, 0.29) is 0 Å². The highest BCUT2D eigenvalue weighted by molar-refractivity contribution is 5.91. The van der Waals surface area contributed by atoms with E-state index in [1.807, 2.05) is 13.8 Å².